The van der Waals surface area contributed by atoms with Crippen LogP contribution in [0, 0.1) is 10.1 Å². The van der Waals surface area contributed by atoms with Crippen molar-refractivity contribution in [2.45, 2.75) is 13.0 Å². The lowest BCUT2D eigenvalue weighted by Gasteiger charge is -2.25. The standard InChI is InChI=1S/C29H22N4O7S/c1-16-25(27(34)31-19-6-4-3-5-7-19)26(17-8-10-20(38-2)11-9-17)32-28(35)24(41-29(32)30-16)13-18-12-22-23(40-15-39-22)14-21(18)33(36)37/h3-14,26H,15H2,1-2H3,(H,31,34)/b24-13+/t26-/m0/s1. The van der Waals surface area contributed by atoms with Gasteiger partial charge in [-0.2, -0.15) is 0 Å². The summed E-state index contributed by atoms with van der Waals surface area (Å²) in [6.07, 6.45) is 1.44. The summed E-state index contributed by atoms with van der Waals surface area (Å²) >= 11 is 1.08. The van der Waals surface area contributed by atoms with E-state index in [2.05, 4.69) is 10.3 Å². The third-order valence-electron chi connectivity index (χ3n) is 6.73. The fourth-order valence-corrected chi connectivity index (χ4v) is 5.83. The van der Waals surface area contributed by atoms with E-state index in [4.69, 9.17) is 14.2 Å². The maximum atomic E-state index is 14.0. The minimum absolute atomic E-state index is 0.0485. The summed E-state index contributed by atoms with van der Waals surface area (Å²) in [6, 6.07) is 18.0. The van der Waals surface area contributed by atoms with Crippen LogP contribution in [0.4, 0.5) is 11.4 Å². The van der Waals surface area contributed by atoms with Gasteiger partial charge in [-0.1, -0.05) is 41.7 Å². The van der Waals surface area contributed by atoms with Crippen LogP contribution in [-0.2, 0) is 4.79 Å². The summed E-state index contributed by atoms with van der Waals surface area (Å²) in [5.74, 6) is 0.826. The molecule has 1 aromatic heterocycles. The number of carbonyl (C=O) groups is 1. The monoisotopic (exact) mass is 570 g/mol. The molecule has 206 valence electrons. The molecule has 1 atom stereocenters. The average molecular weight is 571 g/mol. The normalized spacial score (nSPS) is 15.8. The van der Waals surface area contributed by atoms with Crippen LogP contribution in [0.2, 0.25) is 0 Å². The molecule has 3 heterocycles. The summed E-state index contributed by atoms with van der Waals surface area (Å²) in [5.41, 5.74) is 1.51. The van der Waals surface area contributed by atoms with Crippen molar-refractivity contribution in [1.29, 1.82) is 0 Å². The number of fused-ring (bicyclic) bond motifs is 2. The number of nitrogens with one attached hydrogen (secondary N) is 1. The fraction of sp³-hybridized carbons (Fsp3) is 0.138. The van der Waals surface area contributed by atoms with Crippen LogP contribution in [0.5, 0.6) is 17.2 Å². The van der Waals surface area contributed by atoms with Gasteiger partial charge in [-0.15, -0.1) is 0 Å². The molecule has 4 aromatic rings. The van der Waals surface area contributed by atoms with E-state index >= 15 is 0 Å². The van der Waals surface area contributed by atoms with E-state index in [9.17, 15) is 19.7 Å². The molecule has 0 unspecified atom stereocenters. The SMILES string of the molecule is COc1ccc([C@H]2C(C(=O)Nc3ccccc3)=C(C)N=c3s/c(=C/c4cc5c(cc4[N+](=O)[O-])OCO5)c(=O)n32)cc1. The smallest absolute Gasteiger partial charge is 0.280 e. The van der Waals surface area contributed by atoms with Crippen molar-refractivity contribution in [3.05, 3.63) is 119 Å². The van der Waals surface area contributed by atoms with E-state index in [1.165, 1.54) is 22.8 Å². The molecule has 2 aliphatic rings. The number of amides is 1. The summed E-state index contributed by atoms with van der Waals surface area (Å²) in [7, 11) is 1.55. The van der Waals surface area contributed by atoms with Gasteiger partial charge in [-0.05, 0) is 48.9 Å². The van der Waals surface area contributed by atoms with Gasteiger partial charge >= 0.3 is 0 Å². The summed E-state index contributed by atoms with van der Waals surface area (Å²) in [5, 5.41) is 14.7. The molecule has 0 fully saturated rings. The average Bonchev–Trinajstić information content (AvgIpc) is 3.55. The van der Waals surface area contributed by atoms with Crippen LogP contribution in [0.25, 0.3) is 6.08 Å². The highest BCUT2D eigenvalue weighted by molar-refractivity contribution is 7.07. The fourth-order valence-electron chi connectivity index (χ4n) is 4.80. The van der Waals surface area contributed by atoms with E-state index in [1.54, 1.807) is 50.4 Å². The lowest BCUT2D eigenvalue weighted by atomic mass is 9.95. The van der Waals surface area contributed by atoms with E-state index < -0.39 is 22.4 Å². The minimum Gasteiger partial charge on any atom is -0.497 e. The first kappa shape index (κ1) is 26.0. The molecule has 0 aliphatic carbocycles. The molecular weight excluding hydrogens is 548 g/mol. The van der Waals surface area contributed by atoms with E-state index in [1.807, 2.05) is 18.2 Å². The lowest BCUT2D eigenvalue weighted by molar-refractivity contribution is -0.385. The highest BCUT2D eigenvalue weighted by Gasteiger charge is 2.33. The Labute approximate surface area is 236 Å². The van der Waals surface area contributed by atoms with E-state index in [0.717, 1.165) is 11.3 Å². The molecule has 6 rings (SSSR count). The Morgan fingerprint density at radius 1 is 1.15 bits per heavy atom. The largest absolute Gasteiger partial charge is 0.497 e. The van der Waals surface area contributed by atoms with Crippen LogP contribution < -0.4 is 34.4 Å². The number of anilines is 1. The maximum Gasteiger partial charge on any atom is 0.280 e. The Morgan fingerprint density at radius 2 is 1.85 bits per heavy atom. The molecule has 12 heteroatoms. The van der Waals surface area contributed by atoms with Gasteiger partial charge in [0.15, 0.2) is 16.3 Å². The second-order valence-electron chi connectivity index (χ2n) is 9.20. The molecule has 2 aliphatic heterocycles. The Bertz CT molecular complexity index is 1910. The maximum absolute atomic E-state index is 14.0. The van der Waals surface area contributed by atoms with Crippen molar-refractivity contribution >= 4 is 34.7 Å². The predicted octanol–water partition coefficient (Wildman–Crippen LogP) is 3.52. The van der Waals surface area contributed by atoms with Crippen molar-refractivity contribution in [3.63, 3.8) is 0 Å². The van der Waals surface area contributed by atoms with Crippen LogP contribution in [0.1, 0.15) is 24.1 Å². The number of carbonyl (C=O) groups excluding carboxylic acids is 1. The number of nitro groups is 1. The number of nitro benzene ring substituents is 1. The molecule has 0 saturated carbocycles. The van der Waals surface area contributed by atoms with Gasteiger partial charge in [-0.25, -0.2) is 4.99 Å². The minimum atomic E-state index is -0.810. The Balaban J connectivity index is 1.52. The number of nitrogens with zero attached hydrogens (tertiary/aromatic N) is 3. The number of rotatable bonds is 6. The Morgan fingerprint density at radius 3 is 2.54 bits per heavy atom. The molecule has 1 amide bonds. The number of allylic oxidation sites excluding steroid dienone is 1. The van der Waals surface area contributed by atoms with Gasteiger partial charge in [0.25, 0.3) is 17.2 Å². The second-order valence-corrected chi connectivity index (χ2v) is 10.2. The molecular formula is C29H22N4O7S. The van der Waals surface area contributed by atoms with E-state index in [0.29, 0.717) is 38.8 Å². The number of benzene rings is 3. The number of hydrogen-bond acceptors (Lipinski definition) is 9. The van der Waals surface area contributed by atoms with Crippen molar-refractivity contribution in [2.24, 2.45) is 4.99 Å². The number of thiazole rings is 1. The van der Waals surface area contributed by atoms with Gasteiger partial charge in [0.1, 0.15) is 5.75 Å². The van der Waals surface area contributed by atoms with Crippen molar-refractivity contribution < 1.29 is 23.9 Å². The summed E-state index contributed by atoms with van der Waals surface area (Å²) in [6.45, 7) is 1.67. The van der Waals surface area contributed by atoms with Gasteiger partial charge in [0, 0.05) is 5.69 Å². The number of ether oxygens (including phenoxy) is 3. The zero-order valence-corrected chi connectivity index (χ0v) is 22.6. The van der Waals surface area contributed by atoms with Gasteiger partial charge in [-0.3, -0.25) is 24.3 Å². The first-order chi connectivity index (χ1) is 19.8. The molecule has 0 bridgehead atoms. The molecule has 1 N–H and O–H groups in total. The van der Waals surface area contributed by atoms with Crippen LogP contribution >= 0.6 is 11.3 Å². The molecule has 0 radical (unpaired) electrons. The first-order valence-electron chi connectivity index (χ1n) is 12.4. The van der Waals surface area contributed by atoms with Crippen molar-refractivity contribution in [2.75, 3.05) is 19.2 Å². The topological polar surface area (TPSA) is 134 Å². The van der Waals surface area contributed by atoms with Gasteiger partial charge < -0.3 is 19.5 Å². The summed E-state index contributed by atoms with van der Waals surface area (Å²) < 4.78 is 17.6. The third kappa shape index (κ3) is 4.74. The zero-order valence-electron chi connectivity index (χ0n) is 21.8. The van der Waals surface area contributed by atoms with Gasteiger partial charge in [0.2, 0.25) is 6.79 Å². The van der Waals surface area contributed by atoms with Gasteiger partial charge in [0.05, 0.1) is 45.5 Å². The Hall–Kier alpha value is -5.23. The van der Waals surface area contributed by atoms with Crippen LogP contribution in [-0.4, -0.2) is 29.3 Å². The number of aromatic nitrogens is 1. The molecule has 0 spiro atoms. The van der Waals surface area contributed by atoms with E-state index in [-0.39, 0.29) is 28.3 Å². The number of hydrogen-bond donors (Lipinski definition) is 1. The van der Waals surface area contributed by atoms with Crippen LogP contribution in [0.3, 0.4) is 0 Å². The molecule has 11 nitrogen and oxygen atoms in total. The highest BCUT2D eigenvalue weighted by atomic mass is 32.1. The number of methoxy groups -OCH3 is 1. The Kier molecular flexibility index (Phi) is 6.59. The molecule has 3 aromatic carbocycles. The number of para-hydroxylation sites is 1. The molecule has 41 heavy (non-hydrogen) atoms. The van der Waals surface area contributed by atoms with Crippen molar-refractivity contribution in [1.82, 2.24) is 4.57 Å². The third-order valence-corrected chi connectivity index (χ3v) is 7.72. The lowest BCUT2D eigenvalue weighted by Crippen LogP contribution is -2.40. The predicted molar refractivity (Wildman–Crippen MR) is 151 cm³/mol. The van der Waals surface area contributed by atoms with Crippen molar-refractivity contribution in [3.8, 4) is 17.2 Å². The second kappa shape index (κ2) is 10.4. The summed E-state index contributed by atoms with van der Waals surface area (Å²) in [4.78, 5) is 43.9. The van der Waals surface area contributed by atoms with Crippen LogP contribution in [0.15, 0.2) is 87.8 Å². The zero-order chi connectivity index (χ0) is 28.7. The quantitative estimate of drug-likeness (QED) is 0.277. The first-order valence-corrected chi connectivity index (χ1v) is 13.3. The highest BCUT2D eigenvalue weighted by Crippen LogP contribution is 2.38. The molecule has 0 saturated heterocycles.